The Bertz CT molecular complexity index is 488. The smallest absolute Gasteiger partial charge is 0.224 e. The highest BCUT2D eigenvalue weighted by Gasteiger charge is 2.15. The van der Waals surface area contributed by atoms with Crippen molar-refractivity contribution in [1.29, 1.82) is 0 Å². The van der Waals surface area contributed by atoms with Gasteiger partial charge in [0.1, 0.15) is 0 Å². The number of halogens is 2. The Balaban J connectivity index is 1.83. The Morgan fingerprint density at radius 3 is 2.55 bits per heavy atom. The molecule has 0 atom stereocenters. The summed E-state index contributed by atoms with van der Waals surface area (Å²) in [7, 11) is 0. The van der Waals surface area contributed by atoms with Gasteiger partial charge in [0.25, 0.3) is 0 Å². The minimum Gasteiger partial charge on any atom is -0.397 e. The van der Waals surface area contributed by atoms with Gasteiger partial charge in [0.05, 0.1) is 21.4 Å². The zero-order valence-electron chi connectivity index (χ0n) is 11.3. The summed E-state index contributed by atoms with van der Waals surface area (Å²) in [6, 6.07) is 3.29. The number of rotatable bonds is 4. The van der Waals surface area contributed by atoms with E-state index in [1.165, 1.54) is 6.42 Å². The van der Waals surface area contributed by atoms with E-state index in [1.807, 2.05) is 4.90 Å². The lowest BCUT2D eigenvalue weighted by atomic mass is 10.1. The monoisotopic (exact) mass is 315 g/mol. The minimum atomic E-state index is 0.191. The number of benzene rings is 1. The molecule has 0 bridgehead atoms. The Labute approximate surface area is 129 Å². The van der Waals surface area contributed by atoms with Crippen LogP contribution in [0, 0.1) is 0 Å². The van der Waals surface area contributed by atoms with Crippen molar-refractivity contribution < 1.29 is 4.79 Å². The Morgan fingerprint density at radius 2 is 1.85 bits per heavy atom. The summed E-state index contributed by atoms with van der Waals surface area (Å²) < 4.78 is 0. The van der Waals surface area contributed by atoms with E-state index in [0.717, 1.165) is 25.9 Å². The lowest BCUT2D eigenvalue weighted by Gasteiger charge is -2.26. The average molecular weight is 316 g/mol. The molecule has 1 fully saturated rings. The molecular formula is C14H19Cl2N3O. The highest BCUT2D eigenvalue weighted by Crippen LogP contribution is 2.30. The highest BCUT2D eigenvalue weighted by atomic mass is 35.5. The number of likely N-dealkylation sites (tertiary alicyclic amines) is 1. The van der Waals surface area contributed by atoms with Gasteiger partial charge in [0, 0.05) is 26.1 Å². The number of amides is 1. The van der Waals surface area contributed by atoms with E-state index < -0.39 is 0 Å². The number of nitrogens with two attached hydrogens (primary N) is 1. The molecule has 0 saturated carbocycles. The number of nitrogens with zero attached hydrogens (tertiary/aromatic N) is 1. The first kappa shape index (κ1) is 15.3. The third kappa shape index (κ3) is 3.93. The summed E-state index contributed by atoms with van der Waals surface area (Å²) >= 11 is 11.8. The van der Waals surface area contributed by atoms with Gasteiger partial charge in [-0.3, -0.25) is 4.79 Å². The summed E-state index contributed by atoms with van der Waals surface area (Å²) in [6.07, 6.45) is 3.90. The third-order valence-electron chi connectivity index (χ3n) is 3.46. The SMILES string of the molecule is Nc1cc(Cl)c(Cl)cc1NCCC(=O)N1CCCCC1. The molecule has 0 aromatic heterocycles. The molecule has 1 heterocycles. The zero-order chi connectivity index (χ0) is 14.5. The second-order valence-corrected chi connectivity index (χ2v) is 5.79. The number of hydrogen-bond donors (Lipinski definition) is 2. The van der Waals surface area contributed by atoms with Crippen molar-refractivity contribution >= 4 is 40.5 Å². The van der Waals surface area contributed by atoms with Crippen LogP contribution in [-0.2, 0) is 4.79 Å². The summed E-state index contributed by atoms with van der Waals surface area (Å²) in [4.78, 5) is 13.9. The van der Waals surface area contributed by atoms with Crippen molar-refractivity contribution in [3.05, 3.63) is 22.2 Å². The van der Waals surface area contributed by atoms with Gasteiger partial charge in [-0.2, -0.15) is 0 Å². The normalized spacial score (nSPS) is 15.2. The maximum Gasteiger partial charge on any atom is 0.224 e. The van der Waals surface area contributed by atoms with Crippen LogP contribution in [-0.4, -0.2) is 30.4 Å². The molecule has 6 heteroatoms. The molecule has 2 rings (SSSR count). The molecule has 0 unspecified atom stereocenters. The molecule has 1 aromatic carbocycles. The van der Waals surface area contributed by atoms with Crippen molar-refractivity contribution in [3.63, 3.8) is 0 Å². The maximum atomic E-state index is 12.0. The zero-order valence-corrected chi connectivity index (χ0v) is 12.8. The molecule has 1 aliphatic heterocycles. The second-order valence-electron chi connectivity index (χ2n) is 4.97. The van der Waals surface area contributed by atoms with Crippen molar-refractivity contribution in [1.82, 2.24) is 4.90 Å². The van der Waals surface area contributed by atoms with Crippen LogP contribution in [0.15, 0.2) is 12.1 Å². The van der Waals surface area contributed by atoms with Gasteiger partial charge in [-0.15, -0.1) is 0 Å². The van der Waals surface area contributed by atoms with Crippen LogP contribution in [0.1, 0.15) is 25.7 Å². The molecule has 1 amide bonds. The number of nitrogen functional groups attached to an aromatic ring is 1. The molecule has 1 saturated heterocycles. The Hall–Kier alpha value is -1.13. The van der Waals surface area contributed by atoms with Crippen LogP contribution in [0.2, 0.25) is 10.0 Å². The van der Waals surface area contributed by atoms with Gasteiger partial charge in [0.2, 0.25) is 5.91 Å². The molecular weight excluding hydrogens is 297 g/mol. The van der Waals surface area contributed by atoms with Crippen LogP contribution in [0.4, 0.5) is 11.4 Å². The standard InChI is InChI=1S/C14H19Cl2N3O/c15-10-8-12(17)13(9-11(10)16)18-5-4-14(20)19-6-2-1-3-7-19/h8-9,18H,1-7,17H2. The first-order valence-corrected chi connectivity index (χ1v) is 7.59. The molecule has 0 radical (unpaired) electrons. The number of carbonyl (C=O) groups is 1. The van der Waals surface area contributed by atoms with E-state index in [4.69, 9.17) is 28.9 Å². The van der Waals surface area contributed by atoms with Crippen LogP contribution >= 0.6 is 23.2 Å². The fraction of sp³-hybridized carbons (Fsp3) is 0.500. The highest BCUT2D eigenvalue weighted by molar-refractivity contribution is 6.42. The van der Waals surface area contributed by atoms with E-state index in [-0.39, 0.29) is 5.91 Å². The molecule has 0 spiro atoms. The second kappa shape index (κ2) is 7.04. The molecule has 110 valence electrons. The Kier molecular flexibility index (Phi) is 5.38. The fourth-order valence-electron chi connectivity index (χ4n) is 2.32. The van der Waals surface area contributed by atoms with Crippen molar-refractivity contribution in [2.75, 3.05) is 30.7 Å². The minimum absolute atomic E-state index is 0.191. The largest absolute Gasteiger partial charge is 0.397 e. The van der Waals surface area contributed by atoms with E-state index >= 15 is 0 Å². The van der Waals surface area contributed by atoms with Crippen molar-refractivity contribution in [2.45, 2.75) is 25.7 Å². The molecule has 0 aliphatic carbocycles. The quantitative estimate of drug-likeness (QED) is 0.837. The lowest BCUT2D eigenvalue weighted by Crippen LogP contribution is -2.36. The number of anilines is 2. The molecule has 4 nitrogen and oxygen atoms in total. The van der Waals surface area contributed by atoms with Gasteiger partial charge in [-0.25, -0.2) is 0 Å². The third-order valence-corrected chi connectivity index (χ3v) is 4.18. The lowest BCUT2D eigenvalue weighted by molar-refractivity contribution is -0.131. The molecule has 1 aromatic rings. The average Bonchev–Trinajstić information content (AvgIpc) is 2.45. The van der Waals surface area contributed by atoms with Crippen molar-refractivity contribution in [3.8, 4) is 0 Å². The Morgan fingerprint density at radius 1 is 1.20 bits per heavy atom. The van der Waals surface area contributed by atoms with Crippen LogP contribution in [0.25, 0.3) is 0 Å². The van der Waals surface area contributed by atoms with Crippen LogP contribution in [0.3, 0.4) is 0 Å². The first-order chi connectivity index (χ1) is 9.58. The molecule has 20 heavy (non-hydrogen) atoms. The number of hydrogen-bond acceptors (Lipinski definition) is 3. The summed E-state index contributed by atoms with van der Waals surface area (Å²) in [5, 5.41) is 4.01. The summed E-state index contributed by atoms with van der Waals surface area (Å²) in [5.41, 5.74) is 7.10. The fourth-order valence-corrected chi connectivity index (χ4v) is 2.66. The van der Waals surface area contributed by atoms with Gasteiger partial charge in [-0.05, 0) is 31.4 Å². The first-order valence-electron chi connectivity index (χ1n) is 6.84. The van der Waals surface area contributed by atoms with Gasteiger partial charge in [0.15, 0.2) is 0 Å². The molecule has 1 aliphatic rings. The summed E-state index contributed by atoms with van der Waals surface area (Å²) in [6.45, 7) is 2.30. The summed E-state index contributed by atoms with van der Waals surface area (Å²) in [5.74, 6) is 0.191. The van der Waals surface area contributed by atoms with E-state index in [2.05, 4.69) is 5.32 Å². The van der Waals surface area contributed by atoms with E-state index in [9.17, 15) is 4.79 Å². The number of piperidine rings is 1. The molecule has 3 N–H and O–H groups in total. The number of carbonyl (C=O) groups excluding carboxylic acids is 1. The topological polar surface area (TPSA) is 58.4 Å². The predicted octanol–water partition coefficient (Wildman–Crippen LogP) is 3.39. The predicted molar refractivity (Wildman–Crippen MR) is 84.4 cm³/mol. The van der Waals surface area contributed by atoms with E-state index in [0.29, 0.717) is 34.4 Å². The van der Waals surface area contributed by atoms with Gasteiger partial charge >= 0.3 is 0 Å². The number of nitrogens with one attached hydrogen (secondary N) is 1. The van der Waals surface area contributed by atoms with Gasteiger partial charge in [-0.1, -0.05) is 23.2 Å². The van der Waals surface area contributed by atoms with Gasteiger partial charge < -0.3 is 16.0 Å². The van der Waals surface area contributed by atoms with E-state index in [1.54, 1.807) is 12.1 Å². The van der Waals surface area contributed by atoms with Crippen molar-refractivity contribution in [2.24, 2.45) is 0 Å². The maximum absolute atomic E-state index is 12.0. The van der Waals surface area contributed by atoms with Crippen LogP contribution in [0.5, 0.6) is 0 Å². The van der Waals surface area contributed by atoms with Crippen LogP contribution < -0.4 is 11.1 Å².